The van der Waals surface area contributed by atoms with Crippen LogP contribution in [0.15, 0.2) is 113 Å². The zero-order valence-electron chi connectivity index (χ0n) is 17.9. The van der Waals surface area contributed by atoms with Gasteiger partial charge in [-0.1, -0.05) is 60.1 Å². The Morgan fingerprint density at radius 3 is 2.12 bits per heavy atom. The number of carbonyl (C=O) groups is 1. The van der Waals surface area contributed by atoms with Crippen LogP contribution in [0.2, 0.25) is 5.02 Å². The lowest BCUT2D eigenvalue weighted by atomic mass is 10.2. The summed E-state index contributed by atoms with van der Waals surface area (Å²) in [5.74, 6) is 0.486. The largest absolute Gasteiger partial charge is 0.322 e. The third-order valence-electron chi connectivity index (χ3n) is 4.89. The molecule has 0 saturated heterocycles. The third-order valence-corrected chi connectivity index (χ3v) is 7.67. The maximum Gasteiger partial charge on any atom is 0.261 e. The smallest absolute Gasteiger partial charge is 0.261 e. The van der Waals surface area contributed by atoms with Gasteiger partial charge in [0, 0.05) is 21.9 Å². The normalized spacial score (nSPS) is 11.1. The van der Waals surface area contributed by atoms with Gasteiger partial charge in [0.05, 0.1) is 15.6 Å². The average molecular weight is 509 g/mol. The Hall–Kier alpha value is -3.26. The van der Waals surface area contributed by atoms with Gasteiger partial charge in [0.25, 0.3) is 15.9 Å². The fourth-order valence-electron chi connectivity index (χ4n) is 3.11. The summed E-state index contributed by atoms with van der Waals surface area (Å²) < 4.78 is 27.5. The van der Waals surface area contributed by atoms with Gasteiger partial charge >= 0.3 is 0 Å². The number of sulfonamides is 1. The molecule has 0 aliphatic heterocycles. The van der Waals surface area contributed by atoms with Crippen molar-refractivity contribution >= 4 is 50.7 Å². The highest BCUT2D eigenvalue weighted by Gasteiger charge is 2.16. The summed E-state index contributed by atoms with van der Waals surface area (Å²) in [6, 6.07) is 30.2. The van der Waals surface area contributed by atoms with Crippen molar-refractivity contribution in [2.24, 2.45) is 0 Å². The maximum atomic E-state index is 12.7. The topological polar surface area (TPSA) is 75.3 Å². The van der Waals surface area contributed by atoms with E-state index in [-0.39, 0.29) is 21.5 Å². The summed E-state index contributed by atoms with van der Waals surface area (Å²) in [5.41, 5.74) is 2.31. The number of anilines is 2. The molecular weight excluding hydrogens is 488 g/mol. The molecule has 0 spiro atoms. The van der Waals surface area contributed by atoms with Gasteiger partial charge < -0.3 is 5.32 Å². The number of amides is 1. The number of thioether (sulfide) groups is 1. The number of carbonyl (C=O) groups excluding carboxylic acids is 1. The molecule has 0 heterocycles. The van der Waals surface area contributed by atoms with Gasteiger partial charge in [-0.2, -0.15) is 0 Å². The minimum Gasteiger partial charge on any atom is -0.322 e. The molecular formula is C26H21ClN2O3S2. The lowest BCUT2D eigenvalue weighted by Crippen LogP contribution is -2.14. The van der Waals surface area contributed by atoms with Crippen molar-refractivity contribution in [3.63, 3.8) is 0 Å². The fourth-order valence-corrected chi connectivity index (χ4v) is 5.37. The molecule has 0 radical (unpaired) electrons. The van der Waals surface area contributed by atoms with Crippen molar-refractivity contribution in [1.29, 1.82) is 0 Å². The van der Waals surface area contributed by atoms with E-state index >= 15 is 0 Å². The molecule has 172 valence electrons. The van der Waals surface area contributed by atoms with E-state index in [0.717, 1.165) is 11.3 Å². The quantitative estimate of drug-likeness (QED) is 0.260. The Labute approximate surface area is 208 Å². The number of rotatable bonds is 8. The lowest BCUT2D eigenvalue weighted by molar-refractivity contribution is 0.102. The van der Waals surface area contributed by atoms with E-state index in [4.69, 9.17) is 11.6 Å². The number of halogens is 1. The van der Waals surface area contributed by atoms with Crippen LogP contribution in [-0.4, -0.2) is 14.3 Å². The average Bonchev–Trinajstić information content (AvgIpc) is 2.86. The standard InChI is InChI=1S/C26H21ClN2O3S2/c27-24-17-20(13-16-25(24)29-34(31,32)23-9-5-2-6-10-23)26(30)28-21-14-11-19(12-15-21)18-33-22-7-3-1-4-8-22/h1-17,29H,18H2,(H,28,30). The summed E-state index contributed by atoms with van der Waals surface area (Å²) in [6.07, 6.45) is 0. The van der Waals surface area contributed by atoms with Crippen LogP contribution in [0.3, 0.4) is 0 Å². The first-order valence-corrected chi connectivity index (χ1v) is 13.2. The van der Waals surface area contributed by atoms with E-state index in [1.165, 1.54) is 35.2 Å². The molecule has 0 atom stereocenters. The van der Waals surface area contributed by atoms with E-state index in [2.05, 4.69) is 22.2 Å². The molecule has 8 heteroatoms. The summed E-state index contributed by atoms with van der Waals surface area (Å²) in [6.45, 7) is 0. The molecule has 0 saturated carbocycles. The van der Waals surface area contributed by atoms with Gasteiger partial charge in [0.1, 0.15) is 0 Å². The van der Waals surface area contributed by atoms with E-state index in [9.17, 15) is 13.2 Å². The monoisotopic (exact) mass is 508 g/mol. The highest BCUT2D eigenvalue weighted by Crippen LogP contribution is 2.27. The number of nitrogens with one attached hydrogen (secondary N) is 2. The second-order valence-electron chi connectivity index (χ2n) is 7.37. The SMILES string of the molecule is O=C(Nc1ccc(CSc2ccccc2)cc1)c1ccc(NS(=O)(=O)c2ccccc2)c(Cl)c1. The Morgan fingerprint density at radius 1 is 0.824 bits per heavy atom. The van der Waals surface area contributed by atoms with Crippen LogP contribution < -0.4 is 10.0 Å². The molecule has 1 amide bonds. The van der Waals surface area contributed by atoms with Crippen LogP contribution in [0.5, 0.6) is 0 Å². The fraction of sp³-hybridized carbons (Fsp3) is 0.0385. The van der Waals surface area contributed by atoms with Crippen molar-refractivity contribution in [2.45, 2.75) is 15.5 Å². The molecule has 4 rings (SSSR count). The lowest BCUT2D eigenvalue weighted by Gasteiger charge is -2.11. The zero-order chi connectivity index (χ0) is 24.0. The molecule has 0 fully saturated rings. The predicted octanol–water partition coefficient (Wildman–Crippen LogP) is 6.69. The van der Waals surface area contributed by atoms with E-state index in [1.807, 2.05) is 42.5 Å². The first-order chi connectivity index (χ1) is 16.4. The number of hydrogen-bond acceptors (Lipinski definition) is 4. The Kier molecular flexibility index (Phi) is 7.57. The minimum absolute atomic E-state index is 0.124. The maximum absolute atomic E-state index is 12.7. The van der Waals surface area contributed by atoms with Gasteiger partial charge in [0.15, 0.2) is 0 Å². The highest BCUT2D eigenvalue weighted by atomic mass is 35.5. The van der Waals surface area contributed by atoms with Crippen LogP contribution in [0, 0.1) is 0 Å². The van der Waals surface area contributed by atoms with Crippen LogP contribution in [0.25, 0.3) is 0 Å². The molecule has 2 N–H and O–H groups in total. The van der Waals surface area contributed by atoms with Gasteiger partial charge in [-0.25, -0.2) is 8.42 Å². The van der Waals surface area contributed by atoms with Crippen molar-refractivity contribution in [3.05, 3.63) is 119 Å². The molecule has 0 aliphatic carbocycles. The number of benzene rings is 4. The summed E-state index contributed by atoms with van der Waals surface area (Å²) in [4.78, 5) is 14.0. The molecule has 5 nitrogen and oxygen atoms in total. The summed E-state index contributed by atoms with van der Waals surface area (Å²) in [5, 5.41) is 2.96. The van der Waals surface area contributed by atoms with Crippen LogP contribution >= 0.6 is 23.4 Å². The first kappa shape index (κ1) is 23.9. The van der Waals surface area contributed by atoms with Crippen molar-refractivity contribution in [1.82, 2.24) is 0 Å². The Balaban J connectivity index is 1.38. The Morgan fingerprint density at radius 2 is 1.47 bits per heavy atom. The van der Waals surface area contributed by atoms with Crippen LogP contribution in [0.1, 0.15) is 15.9 Å². The van der Waals surface area contributed by atoms with Gasteiger partial charge in [-0.3, -0.25) is 9.52 Å². The molecule has 34 heavy (non-hydrogen) atoms. The molecule has 0 aromatic heterocycles. The van der Waals surface area contributed by atoms with Crippen LogP contribution in [-0.2, 0) is 15.8 Å². The minimum atomic E-state index is -3.78. The Bertz CT molecular complexity index is 1380. The van der Waals surface area contributed by atoms with Crippen molar-refractivity contribution < 1.29 is 13.2 Å². The summed E-state index contributed by atoms with van der Waals surface area (Å²) >= 11 is 8.01. The zero-order valence-corrected chi connectivity index (χ0v) is 20.3. The van der Waals surface area contributed by atoms with Gasteiger partial charge in [-0.15, -0.1) is 11.8 Å². The van der Waals surface area contributed by atoms with Crippen LogP contribution in [0.4, 0.5) is 11.4 Å². The summed E-state index contributed by atoms with van der Waals surface area (Å²) in [7, 11) is -3.78. The molecule has 0 bridgehead atoms. The second kappa shape index (κ2) is 10.8. The van der Waals surface area contributed by atoms with E-state index in [0.29, 0.717) is 11.3 Å². The van der Waals surface area contributed by atoms with Gasteiger partial charge in [-0.05, 0) is 60.2 Å². The van der Waals surface area contributed by atoms with E-state index in [1.54, 1.807) is 30.0 Å². The molecule has 0 unspecified atom stereocenters. The highest BCUT2D eigenvalue weighted by molar-refractivity contribution is 7.98. The van der Waals surface area contributed by atoms with E-state index < -0.39 is 10.0 Å². The van der Waals surface area contributed by atoms with Gasteiger partial charge in [0.2, 0.25) is 0 Å². The second-order valence-corrected chi connectivity index (χ2v) is 10.5. The number of hydrogen-bond donors (Lipinski definition) is 2. The third kappa shape index (κ3) is 6.20. The van der Waals surface area contributed by atoms with Crippen molar-refractivity contribution in [3.8, 4) is 0 Å². The molecule has 4 aromatic carbocycles. The van der Waals surface area contributed by atoms with Crippen molar-refractivity contribution in [2.75, 3.05) is 10.0 Å². The predicted molar refractivity (Wildman–Crippen MR) is 139 cm³/mol. The molecule has 4 aromatic rings. The first-order valence-electron chi connectivity index (χ1n) is 10.4. The molecule has 0 aliphatic rings.